The van der Waals surface area contributed by atoms with Crippen LogP contribution in [0.15, 0.2) is 0 Å². The van der Waals surface area contributed by atoms with Crippen LogP contribution in [0.3, 0.4) is 0 Å². The Balaban J connectivity index is 1.86. The average Bonchev–Trinajstić information content (AvgIpc) is 2.69. The zero-order valence-electron chi connectivity index (χ0n) is 12.1. The Hall–Kier alpha value is -1.08. The summed E-state index contributed by atoms with van der Waals surface area (Å²) in [6, 6.07) is 3.61. The molecule has 2 bridgehead atoms. The molecule has 1 amide bonds. The van der Waals surface area contributed by atoms with Gasteiger partial charge in [-0.15, -0.1) is 0 Å². The predicted octanol–water partition coefficient (Wildman–Crippen LogP) is 2.06. The molecule has 0 saturated carbocycles. The van der Waals surface area contributed by atoms with E-state index in [2.05, 4.69) is 11.4 Å². The van der Waals surface area contributed by atoms with Gasteiger partial charge in [-0.2, -0.15) is 5.26 Å². The minimum atomic E-state index is 0.194. The van der Waals surface area contributed by atoms with Gasteiger partial charge in [-0.1, -0.05) is 0 Å². The van der Waals surface area contributed by atoms with Gasteiger partial charge in [-0.3, -0.25) is 4.79 Å². The smallest absolute Gasteiger partial charge is 0.223 e. The van der Waals surface area contributed by atoms with E-state index in [1.165, 1.54) is 12.8 Å². The van der Waals surface area contributed by atoms with Crippen LogP contribution < -0.4 is 5.32 Å². The van der Waals surface area contributed by atoms with Crippen LogP contribution in [0.4, 0.5) is 0 Å². The second-order valence-electron chi connectivity index (χ2n) is 6.27. The van der Waals surface area contributed by atoms with Crippen LogP contribution >= 0.6 is 0 Å². The molecule has 4 nitrogen and oxygen atoms in total. The van der Waals surface area contributed by atoms with E-state index in [1.54, 1.807) is 0 Å². The van der Waals surface area contributed by atoms with Crippen LogP contribution in [-0.2, 0) is 4.79 Å². The molecule has 4 heteroatoms. The summed E-state index contributed by atoms with van der Waals surface area (Å²) >= 11 is 0. The topological polar surface area (TPSA) is 56.1 Å². The maximum Gasteiger partial charge on any atom is 0.223 e. The minimum absolute atomic E-state index is 0.194. The monoisotopic (exact) mass is 263 g/mol. The van der Waals surface area contributed by atoms with Gasteiger partial charge in [0.25, 0.3) is 0 Å². The lowest BCUT2D eigenvalue weighted by molar-refractivity contribution is -0.134. The van der Waals surface area contributed by atoms with Crippen LogP contribution in [-0.4, -0.2) is 35.5 Å². The highest BCUT2D eigenvalue weighted by Crippen LogP contribution is 2.33. The van der Waals surface area contributed by atoms with E-state index in [-0.39, 0.29) is 11.9 Å². The molecule has 0 aromatic carbocycles. The molecule has 0 aliphatic carbocycles. The van der Waals surface area contributed by atoms with Gasteiger partial charge >= 0.3 is 0 Å². The van der Waals surface area contributed by atoms with Crippen molar-refractivity contribution < 1.29 is 4.79 Å². The summed E-state index contributed by atoms with van der Waals surface area (Å²) in [6.07, 6.45) is 5.94. The number of rotatable bonds is 5. The molecule has 2 fully saturated rings. The van der Waals surface area contributed by atoms with E-state index in [0.717, 1.165) is 12.8 Å². The maximum absolute atomic E-state index is 12.4. The van der Waals surface area contributed by atoms with Gasteiger partial charge in [0, 0.05) is 31.1 Å². The highest BCUT2D eigenvalue weighted by Gasteiger charge is 2.34. The molecule has 2 rings (SSSR count). The first-order chi connectivity index (χ1) is 9.10. The molecule has 2 saturated heterocycles. The van der Waals surface area contributed by atoms with Crippen molar-refractivity contribution in [2.75, 3.05) is 6.54 Å². The van der Waals surface area contributed by atoms with Gasteiger partial charge in [0.1, 0.15) is 0 Å². The van der Waals surface area contributed by atoms with E-state index >= 15 is 0 Å². The zero-order valence-corrected chi connectivity index (χ0v) is 12.1. The average molecular weight is 263 g/mol. The number of carbonyl (C=O) groups is 1. The fourth-order valence-electron chi connectivity index (χ4n) is 3.55. The Bertz CT molecular complexity index is 349. The van der Waals surface area contributed by atoms with Crippen molar-refractivity contribution in [3.05, 3.63) is 0 Å². The molecular weight excluding hydrogens is 238 g/mol. The third-order valence-corrected chi connectivity index (χ3v) is 4.44. The first-order valence-corrected chi connectivity index (χ1v) is 7.52. The molecule has 2 aliphatic heterocycles. The SMILES string of the molecule is CC(C)N(CCC#N)C(=O)CC1CC2CCC(C1)N2. The molecule has 2 unspecified atom stereocenters. The van der Waals surface area contributed by atoms with Crippen LogP contribution in [0, 0.1) is 17.2 Å². The standard InChI is InChI=1S/C15H25N3O/c1-11(2)18(7-3-6-16)15(19)10-12-8-13-4-5-14(9-12)17-13/h11-14,17H,3-5,7-10H2,1-2H3. The maximum atomic E-state index is 12.4. The van der Waals surface area contributed by atoms with Crippen molar-refractivity contribution >= 4 is 5.91 Å². The van der Waals surface area contributed by atoms with Gasteiger partial charge in [-0.25, -0.2) is 0 Å². The number of carbonyl (C=O) groups excluding carboxylic acids is 1. The summed E-state index contributed by atoms with van der Waals surface area (Å²) in [5.74, 6) is 0.770. The van der Waals surface area contributed by atoms with Crippen molar-refractivity contribution in [2.45, 2.75) is 70.5 Å². The number of piperidine rings is 1. The molecule has 0 radical (unpaired) electrons. The third-order valence-electron chi connectivity index (χ3n) is 4.44. The summed E-state index contributed by atoms with van der Waals surface area (Å²) in [7, 11) is 0. The van der Waals surface area contributed by atoms with E-state index in [0.29, 0.717) is 37.4 Å². The Morgan fingerprint density at radius 2 is 2.00 bits per heavy atom. The Labute approximate surface area is 116 Å². The van der Waals surface area contributed by atoms with E-state index in [9.17, 15) is 4.79 Å². The Morgan fingerprint density at radius 3 is 2.53 bits per heavy atom. The summed E-state index contributed by atoms with van der Waals surface area (Å²) in [4.78, 5) is 14.3. The zero-order chi connectivity index (χ0) is 13.8. The molecule has 2 atom stereocenters. The normalized spacial score (nSPS) is 29.3. The molecule has 106 valence electrons. The van der Waals surface area contributed by atoms with Gasteiger partial charge in [0.2, 0.25) is 5.91 Å². The molecule has 0 spiro atoms. The fraction of sp³-hybridized carbons (Fsp3) is 0.867. The summed E-state index contributed by atoms with van der Waals surface area (Å²) < 4.78 is 0. The first-order valence-electron chi connectivity index (χ1n) is 7.52. The van der Waals surface area contributed by atoms with Crippen molar-refractivity contribution in [3.63, 3.8) is 0 Å². The van der Waals surface area contributed by atoms with Gasteiger partial charge in [0.05, 0.1) is 12.5 Å². The van der Waals surface area contributed by atoms with E-state index in [1.807, 2.05) is 18.7 Å². The van der Waals surface area contributed by atoms with E-state index < -0.39 is 0 Å². The number of amides is 1. The molecule has 0 aromatic rings. The first kappa shape index (κ1) is 14.3. The highest BCUT2D eigenvalue weighted by molar-refractivity contribution is 5.76. The largest absolute Gasteiger partial charge is 0.339 e. The van der Waals surface area contributed by atoms with Gasteiger partial charge in [-0.05, 0) is 45.4 Å². The number of nitriles is 1. The van der Waals surface area contributed by atoms with Crippen LogP contribution in [0.25, 0.3) is 0 Å². The van der Waals surface area contributed by atoms with Crippen LogP contribution in [0.2, 0.25) is 0 Å². The Kier molecular flexibility index (Phi) is 4.81. The number of nitrogens with one attached hydrogen (secondary N) is 1. The van der Waals surface area contributed by atoms with Crippen molar-refractivity contribution in [3.8, 4) is 6.07 Å². The van der Waals surface area contributed by atoms with Gasteiger partial charge < -0.3 is 10.2 Å². The lowest BCUT2D eigenvalue weighted by Crippen LogP contribution is -2.42. The molecule has 1 N–H and O–H groups in total. The fourth-order valence-corrected chi connectivity index (χ4v) is 3.55. The summed E-state index contributed by atoms with van der Waals surface area (Å²) in [5, 5.41) is 12.3. The van der Waals surface area contributed by atoms with Crippen LogP contribution in [0.1, 0.15) is 52.4 Å². The highest BCUT2D eigenvalue weighted by atomic mass is 16.2. The quantitative estimate of drug-likeness (QED) is 0.826. The number of hydrogen-bond donors (Lipinski definition) is 1. The molecule has 2 aliphatic rings. The summed E-state index contributed by atoms with van der Waals surface area (Å²) in [5.41, 5.74) is 0. The van der Waals surface area contributed by atoms with Crippen LogP contribution in [0.5, 0.6) is 0 Å². The second-order valence-corrected chi connectivity index (χ2v) is 6.27. The predicted molar refractivity (Wildman–Crippen MR) is 74.4 cm³/mol. The second kappa shape index (κ2) is 6.38. The molecular formula is C15H25N3O. The molecule has 19 heavy (non-hydrogen) atoms. The summed E-state index contributed by atoms with van der Waals surface area (Å²) in [6.45, 7) is 4.63. The molecule has 0 aromatic heterocycles. The van der Waals surface area contributed by atoms with E-state index in [4.69, 9.17) is 5.26 Å². The number of fused-ring (bicyclic) bond motifs is 2. The number of nitrogens with zero attached hydrogens (tertiary/aromatic N) is 2. The number of hydrogen-bond acceptors (Lipinski definition) is 3. The molecule has 2 heterocycles. The third kappa shape index (κ3) is 3.70. The minimum Gasteiger partial charge on any atom is -0.339 e. The van der Waals surface area contributed by atoms with Crippen molar-refractivity contribution in [1.82, 2.24) is 10.2 Å². The van der Waals surface area contributed by atoms with Gasteiger partial charge in [0.15, 0.2) is 0 Å². The lowest BCUT2D eigenvalue weighted by Gasteiger charge is -2.32. The lowest BCUT2D eigenvalue weighted by atomic mass is 9.89. The Morgan fingerprint density at radius 1 is 1.37 bits per heavy atom. The van der Waals surface area contributed by atoms with Crippen molar-refractivity contribution in [2.24, 2.45) is 5.92 Å². The van der Waals surface area contributed by atoms with Crippen molar-refractivity contribution in [1.29, 1.82) is 5.26 Å².